The molecule has 0 atom stereocenters. The first-order valence-electron chi connectivity index (χ1n) is 4.28. The SMILES string of the molecule is CN(C)CCNCc1ccc(Cl)s1. The molecule has 0 aromatic carbocycles. The zero-order valence-electron chi connectivity index (χ0n) is 8.01. The molecule has 0 fully saturated rings. The molecule has 0 saturated heterocycles. The van der Waals surface area contributed by atoms with Crippen molar-refractivity contribution in [1.82, 2.24) is 10.2 Å². The van der Waals surface area contributed by atoms with Crippen molar-refractivity contribution < 1.29 is 0 Å². The quantitative estimate of drug-likeness (QED) is 0.762. The second kappa shape index (κ2) is 5.60. The lowest BCUT2D eigenvalue weighted by Crippen LogP contribution is -2.25. The minimum absolute atomic E-state index is 0.865. The van der Waals surface area contributed by atoms with Crippen LogP contribution in [0, 0.1) is 0 Å². The third-order valence-corrected chi connectivity index (χ3v) is 2.90. The van der Waals surface area contributed by atoms with Crippen LogP contribution in [-0.4, -0.2) is 32.1 Å². The smallest absolute Gasteiger partial charge is 0.0931 e. The molecule has 0 unspecified atom stereocenters. The molecule has 0 aliphatic rings. The maximum absolute atomic E-state index is 5.81. The van der Waals surface area contributed by atoms with Crippen LogP contribution in [0.5, 0.6) is 0 Å². The molecule has 0 amide bonds. The van der Waals surface area contributed by atoms with Gasteiger partial charge in [0.05, 0.1) is 4.34 Å². The van der Waals surface area contributed by atoms with Gasteiger partial charge in [0.25, 0.3) is 0 Å². The highest BCUT2D eigenvalue weighted by Crippen LogP contribution is 2.20. The predicted octanol–water partition coefficient (Wildman–Crippen LogP) is 2.05. The zero-order valence-corrected chi connectivity index (χ0v) is 9.58. The molecule has 0 saturated carbocycles. The Labute approximate surface area is 88.5 Å². The number of nitrogens with one attached hydrogen (secondary N) is 1. The van der Waals surface area contributed by atoms with Gasteiger partial charge in [-0.05, 0) is 26.2 Å². The van der Waals surface area contributed by atoms with E-state index in [1.165, 1.54) is 4.88 Å². The summed E-state index contributed by atoms with van der Waals surface area (Å²) >= 11 is 7.44. The average molecular weight is 219 g/mol. The number of halogens is 1. The Hall–Kier alpha value is -0.0900. The van der Waals surface area contributed by atoms with Crippen LogP contribution in [0.2, 0.25) is 4.34 Å². The molecular weight excluding hydrogens is 204 g/mol. The first-order chi connectivity index (χ1) is 6.18. The molecule has 0 radical (unpaired) electrons. The maximum atomic E-state index is 5.81. The van der Waals surface area contributed by atoms with Crippen LogP contribution in [0.4, 0.5) is 0 Å². The number of likely N-dealkylation sites (N-methyl/N-ethyl adjacent to an activating group) is 1. The van der Waals surface area contributed by atoms with Crippen LogP contribution in [0.3, 0.4) is 0 Å². The molecule has 0 bridgehead atoms. The second-order valence-corrected chi connectivity index (χ2v) is 4.99. The molecular formula is C9H15ClN2S. The van der Waals surface area contributed by atoms with E-state index in [2.05, 4.69) is 30.4 Å². The van der Waals surface area contributed by atoms with Gasteiger partial charge in [-0.2, -0.15) is 0 Å². The lowest BCUT2D eigenvalue weighted by molar-refractivity contribution is 0.400. The molecule has 1 rings (SSSR count). The Morgan fingerprint density at radius 2 is 2.23 bits per heavy atom. The second-order valence-electron chi connectivity index (χ2n) is 3.19. The summed E-state index contributed by atoms with van der Waals surface area (Å²) < 4.78 is 0.865. The topological polar surface area (TPSA) is 15.3 Å². The highest BCUT2D eigenvalue weighted by Gasteiger charge is 1.96. The van der Waals surface area contributed by atoms with Gasteiger partial charge in [0.2, 0.25) is 0 Å². The van der Waals surface area contributed by atoms with Crippen molar-refractivity contribution in [3.63, 3.8) is 0 Å². The fourth-order valence-electron chi connectivity index (χ4n) is 0.961. The van der Waals surface area contributed by atoms with Gasteiger partial charge in [-0.15, -0.1) is 11.3 Å². The van der Waals surface area contributed by atoms with E-state index < -0.39 is 0 Å². The van der Waals surface area contributed by atoms with Crippen LogP contribution in [0.1, 0.15) is 4.88 Å². The molecule has 74 valence electrons. The number of rotatable bonds is 5. The lowest BCUT2D eigenvalue weighted by Gasteiger charge is -2.09. The number of thiophene rings is 1. The molecule has 1 heterocycles. The predicted molar refractivity (Wildman–Crippen MR) is 59.6 cm³/mol. The summed E-state index contributed by atoms with van der Waals surface area (Å²) in [6.45, 7) is 3.01. The van der Waals surface area contributed by atoms with Crippen molar-refractivity contribution in [3.8, 4) is 0 Å². The van der Waals surface area contributed by atoms with Crippen LogP contribution < -0.4 is 5.32 Å². The van der Waals surface area contributed by atoms with Gasteiger partial charge in [-0.25, -0.2) is 0 Å². The van der Waals surface area contributed by atoms with Crippen molar-refractivity contribution in [2.24, 2.45) is 0 Å². The van der Waals surface area contributed by atoms with E-state index in [1.807, 2.05) is 6.07 Å². The van der Waals surface area contributed by atoms with E-state index in [0.29, 0.717) is 0 Å². The van der Waals surface area contributed by atoms with Gasteiger partial charge >= 0.3 is 0 Å². The summed E-state index contributed by atoms with van der Waals surface area (Å²) in [4.78, 5) is 3.46. The van der Waals surface area contributed by atoms with E-state index in [0.717, 1.165) is 24.0 Å². The van der Waals surface area contributed by atoms with E-state index in [4.69, 9.17) is 11.6 Å². The zero-order chi connectivity index (χ0) is 9.68. The number of hydrogen-bond donors (Lipinski definition) is 1. The van der Waals surface area contributed by atoms with E-state index in [1.54, 1.807) is 11.3 Å². The Morgan fingerprint density at radius 1 is 1.46 bits per heavy atom. The summed E-state index contributed by atoms with van der Waals surface area (Å²) in [6.07, 6.45) is 0. The van der Waals surface area contributed by atoms with E-state index >= 15 is 0 Å². The average Bonchev–Trinajstić information content (AvgIpc) is 2.45. The molecule has 0 aliphatic heterocycles. The van der Waals surface area contributed by atoms with Crippen molar-refractivity contribution in [2.75, 3.05) is 27.2 Å². The summed E-state index contributed by atoms with van der Waals surface area (Å²) in [6, 6.07) is 4.00. The number of nitrogens with zero attached hydrogens (tertiary/aromatic N) is 1. The normalized spacial score (nSPS) is 11.1. The van der Waals surface area contributed by atoms with Gasteiger partial charge in [0.15, 0.2) is 0 Å². The van der Waals surface area contributed by atoms with Crippen LogP contribution in [-0.2, 0) is 6.54 Å². The highest BCUT2D eigenvalue weighted by molar-refractivity contribution is 7.16. The minimum Gasteiger partial charge on any atom is -0.311 e. The van der Waals surface area contributed by atoms with Gasteiger partial charge in [0.1, 0.15) is 0 Å². The van der Waals surface area contributed by atoms with E-state index in [9.17, 15) is 0 Å². The fraction of sp³-hybridized carbons (Fsp3) is 0.556. The van der Waals surface area contributed by atoms with Gasteiger partial charge in [-0.3, -0.25) is 0 Å². The Kier molecular flexibility index (Phi) is 4.73. The van der Waals surface area contributed by atoms with Crippen LogP contribution in [0.15, 0.2) is 12.1 Å². The van der Waals surface area contributed by atoms with Gasteiger partial charge in [0, 0.05) is 24.5 Å². The molecule has 13 heavy (non-hydrogen) atoms. The van der Waals surface area contributed by atoms with E-state index in [-0.39, 0.29) is 0 Å². The Bertz CT molecular complexity index is 248. The third kappa shape index (κ3) is 4.62. The molecule has 0 aliphatic carbocycles. The molecule has 4 heteroatoms. The van der Waals surface area contributed by atoms with Crippen molar-refractivity contribution in [3.05, 3.63) is 21.3 Å². The first-order valence-corrected chi connectivity index (χ1v) is 5.47. The molecule has 0 spiro atoms. The maximum Gasteiger partial charge on any atom is 0.0931 e. The molecule has 1 N–H and O–H groups in total. The summed E-state index contributed by atoms with van der Waals surface area (Å²) in [5.41, 5.74) is 0. The summed E-state index contributed by atoms with van der Waals surface area (Å²) in [5.74, 6) is 0. The highest BCUT2D eigenvalue weighted by atomic mass is 35.5. The molecule has 1 aromatic rings. The lowest BCUT2D eigenvalue weighted by atomic mass is 10.4. The summed E-state index contributed by atoms with van der Waals surface area (Å²) in [5, 5.41) is 3.36. The van der Waals surface area contributed by atoms with Crippen LogP contribution in [0.25, 0.3) is 0 Å². The fourth-order valence-corrected chi connectivity index (χ4v) is 2.02. The van der Waals surface area contributed by atoms with Crippen molar-refractivity contribution in [2.45, 2.75) is 6.54 Å². The Morgan fingerprint density at radius 3 is 2.77 bits per heavy atom. The first kappa shape index (κ1) is 11.0. The standard InChI is InChI=1S/C9H15ClN2S/c1-12(2)6-5-11-7-8-3-4-9(10)13-8/h3-4,11H,5-7H2,1-2H3. The molecule has 2 nitrogen and oxygen atoms in total. The summed E-state index contributed by atoms with van der Waals surface area (Å²) in [7, 11) is 4.15. The third-order valence-electron chi connectivity index (χ3n) is 1.66. The Balaban J connectivity index is 2.13. The monoisotopic (exact) mass is 218 g/mol. The van der Waals surface area contributed by atoms with Crippen LogP contribution >= 0.6 is 22.9 Å². The van der Waals surface area contributed by atoms with Crippen molar-refractivity contribution in [1.29, 1.82) is 0 Å². The van der Waals surface area contributed by atoms with Gasteiger partial charge < -0.3 is 10.2 Å². The number of hydrogen-bond acceptors (Lipinski definition) is 3. The largest absolute Gasteiger partial charge is 0.311 e. The molecule has 1 aromatic heterocycles. The van der Waals surface area contributed by atoms with Gasteiger partial charge in [-0.1, -0.05) is 11.6 Å². The minimum atomic E-state index is 0.865. The van der Waals surface area contributed by atoms with Crippen molar-refractivity contribution >= 4 is 22.9 Å².